The van der Waals surface area contributed by atoms with Gasteiger partial charge in [0, 0.05) is 31.1 Å². The smallest absolute Gasteiger partial charge is 0.160 e. The average molecular weight is 277 g/mol. The fourth-order valence-electron chi connectivity index (χ4n) is 2.84. The fourth-order valence-corrected chi connectivity index (χ4v) is 2.84. The molecule has 0 amide bonds. The summed E-state index contributed by atoms with van der Waals surface area (Å²) in [6, 6.07) is 0. The molecule has 0 aliphatic heterocycles. The van der Waals surface area contributed by atoms with Gasteiger partial charge in [-0.2, -0.15) is 0 Å². The lowest BCUT2D eigenvalue weighted by Gasteiger charge is -2.27. The summed E-state index contributed by atoms with van der Waals surface area (Å²) in [5, 5.41) is 3.41. The van der Waals surface area contributed by atoms with Gasteiger partial charge in [0.1, 0.15) is 5.60 Å². The van der Waals surface area contributed by atoms with E-state index in [0.717, 1.165) is 43.9 Å². The highest BCUT2D eigenvalue weighted by Gasteiger charge is 2.38. The van der Waals surface area contributed by atoms with Crippen molar-refractivity contribution in [3.05, 3.63) is 23.8 Å². The molecular weight excluding hydrogens is 250 g/mol. The van der Waals surface area contributed by atoms with Crippen LogP contribution in [0, 0.1) is 5.92 Å². The number of nitrogens with zero attached hydrogens (tertiary/aromatic N) is 2. The molecule has 0 unspecified atom stereocenters. The van der Waals surface area contributed by atoms with E-state index in [0.29, 0.717) is 5.92 Å². The Morgan fingerprint density at radius 3 is 2.45 bits per heavy atom. The van der Waals surface area contributed by atoms with Crippen molar-refractivity contribution in [3.63, 3.8) is 0 Å². The van der Waals surface area contributed by atoms with E-state index in [2.05, 4.69) is 29.1 Å². The SMILES string of the molecule is CCOC1(c2ncc(CNCC(C)C)cn2)CCCC1. The van der Waals surface area contributed by atoms with Gasteiger partial charge in [-0.1, -0.05) is 13.8 Å². The molecule has 1 aliphatic rings. The van der Waals surface area contributed by atoms with Crippen molar-refractivity contribution in [2.75, 3.05) is 13.2 Å². The van der Waals surface area contributed by atoms with Gasteiger partial charge in [0.25, 0.3) is 0 Å². The van der Waals surface area contributed by atoms with Gasteiger partial charge in [0.05, 0.1) is 0 Å². The third kappa shape index (κ3) is 3.76. The summed E-state index contributed by atoms with van der Waals surface area (Å²) in [5.74, 6) is 1.53. The standard InChI is InChI=1S/C16H27N3O/c1-4-20-16(7-5-6-8-16)15-18-11-14(12-19-15)10-17-9-13(2)3/h11-13,17H,4-10H2,1-3H3. The molecule has 4 nitrogen and oxygen atoms in total. The van der Waals surface area contributed by atoms with Crippen LogP contribution in [0.2, 0.25) is 0 Å². The lowest BCUT2D eigenvalue weighted by molar-refractivity contribution is -0.0457. The largest absolute Gasteiger partial charge is 0.367 e. The third-order valence-corrected chi connectivity index (χ3v) is 3.83. The summed E-state index contributed by atoms with van der Waals surface area (Å²) in [5.41, 5.74) is 0.914. The second kappa shape index (κ2) is 7.14. The van der Waals surface area contributed by atoms with Crippen molar-refractivity contribution in [1.82, 2.24) is 15.3 Å². The molecule has 1 aromatic rings. The molecule has 1 saturated carbocycles. The van der Waals surface area contributed by atoms with Crippen molar-refractivity contribution in [1.29, 1.82) is 0 Å². The van der Waals surface area contributed by atoms with Crippen LogP contribution in [0.5, 0.6) is 0 Å². The number of hydrogen-bond donors (Lipinski definition) is 1. The zero-order valence-corrected chi connectivity index (χ0v) is 13.0. The van der Waals surface area contributed by atoms with Crippen LogP contribution in [0.1, 0.15) is 57.8 Å². The summed E-state index contributed by atoms with van der Waals surface area (Å²) in [6.07, 6.45) is 8.39. The highest BCUT2D eigenvalue weighted by molar-refractivity contribution is 5.11. The van der Waals surface area contributed by atoms with Crippen molar-refractivity contribution in [2.24, 2.45) is 5.92 Å². The maximum absolute atomic E-state index is 5.99. The Kier molecular flexibility index (Phi) is 5.49. The molecule has 1 N–H and O–H groups in total. The van der Waals surface area contributed by atoms with E-state index in [4.69, 9.17) is 4.74 Å². The van der Waals surface area contributed by atoms with Gasteiger partial charge >= 0.3 is 0 Å². The van der Waals surface area contributed by atoms with Crippen LogP contribution in [0.15, 0.2) is 12.4 Å². The zero-order chi connectivity index (χ0) is 14.4. The van der Waals surface area contributed by atoms with Gasteiger partial charge in [0.15, 0.2) is 5.82 Å². The highest BCUT2D eigenvalue weighted by atomic mass is 16.5. The Hall–Kier alpha value is -1.00. The molecule has 20 heavy (non-hydrogen) atoms. The molecule has 1 aromatic heterocycles. The van der Waals surface area contributed by atoms with Gasteiger partial charge in [-0.05, 0) is 45.1 Å². The van der Waals surface area contributed by atoms with E-state index >= 15 is 0 Å². The Balaban J connectivity index is 1.99. The third-order valence-electron chi connectivity index (χ3n) is 3.83. The maximum atomic E-state index is 5.99. The minimum atomic E-state index is -0.224. The van der Waals surface area contributed by atoms with E-state index in [1.165, 1.54) is 12.8 Å². The summed E-state index contributed by atoms with van der Waals surface area (Å²) < 4.78 is 5.99. The van der Waals surface area contributed by atoms with Gasteiger partial charge in [0.2, 0.25) is 0 Å². The second-order valence-electron chi connectivity index (χ2n) is 6.07. The first-order valence-electron chi connectivity index (χ1n) is 7.82. The number of aromatic nitrogens is 2. The average Bonchev–Trinajstić information content (AvgIpc) is 2.89. The first-order chi connectivity index (χ1) is 9.66. The van der Waals surface area contributed by atoms with Crippen LogP contribution in [0.25, 0.3) is 0 Å². The van der Waals surface area contributed by atoms with Crippen LogP contribution in [0.4, 0.5) is 0 Å². The van der Waals surface area contributed by atoms with Crippen molar-refractivity contribution in [3.8, 4) is 0 Å². The molecule has 1 heterocycles. The lowest BCUT2D eigenvalue weighted by Crippen LogP contribution is -2.29. The Morgan fingerprint density at radius 1 is 1.25 bits per heavy atom. The predicted molar refractivity (Wildman–Crippen MR) is 80.3 cm³/mol. The second-order valence-corrected chi connectivity index (χ2v) is 6.07. The Bertz CT molecular complexity index is 397. The normalized spacial score (nSPS) is 17.8. The number of hydrogen-bond acceptors (Lipinski definition) is 4. The molecule has 1 aliphatic carbocycles. The summed E-state index contributed by atoms with van der Waals surface area (Å²) in [4.78, 5) is 9.15. The molecular formula is C16H27N3O. The highest BCUT2D eigenvalue weighted by Crippen LogP contribution is 2.40. The van der Waals surface area contributed by atoms with E-state index in [1.54, 1.807) is 0 Å². The minimum Gasteiger partial charge on any atom is -0.367 e. The monoisotopic (exact) mass is 277 g/mol. The zero-order valence-electron chi connectivity index (χ0n) is 13.0. The van der Waals surface area contributed by atoms with Crippen molar-refractivity contribution in [2.45, 2.75) is 58.6 Å². The fraction of sp³-hybridized carbons (Fsp3) is 0.750. The number of ether oxygens (including phenoxy) is 1. The van der Waals surface area contributed by atoms with Crippen LogP contribution in [-0.2, 0) is 16.9 Å². The van der Waals surface area contributed by atoms with E-state index < -0.39 is 0 Å². The van der Waals surface area contributed by atoms with Gasteiger partial charge in [-0.15, -0.1) is 0 Å². The number of nitrogens with one attached hydrogen (secondary N) is 1. The molecule has 0 atom stereocenters. The van der Waals surface area contributed by atoms with Crippen molar-refractivity contribution >= 4 is 0 Å². The summed E-state index contributed by atoms with van der Waals surface area (Å²) in [7, 11) is 0. The van der Waals surface area contributed by atoms with Crippen LogP contribution in [-0.4, -0.2) is 23.1 Å². The topological polar surface area (TPSA) is 47.0 Å². The first kappa shape index (κ1) is 15.4. The predicted octanol–water partition coefficient (Wildman–Crippen LogP) is 3.03. The molecule has 4 heteroatoms. The van der Waals surface area contributed by atoms with Crippen LogP contribution in [0.3, 0.4) is 0 Å². The molecule has 0 spiro atoms. The molecule has 0 radical (unpaired) electrons. The number of rotatable bonds is 7. The lowest BCUT2D eigenvalue weighted by atomic mass is 10.0. The Morgan fingerprint density at radius 2 is 1.90 bits per heavy atom. The molecule has 0 bridgehead atoms. The van der Waals surface area contributed by atoms with Crippen molar-refractivity contribution < 1.29 is 4.74 Å². The first-order valence-corrected chi connectivity index (χ1v) is 7.82. The van der Waals surface area contributed by atoms with E-state index in [1.807, 2.05) is 19.3 Å². The molecule has 1 fully saturated rings. The van der Waals surface area contributed by atoms with Gasteiger partial charge < -0.3 is 10.1 Å². The van der Waals surface area contributed by atoms with Crippen LogP contribution >= 0.6 is 0 Å². The Labute approximate surface area is 122 Å². The maximum Gasteiger partial charge on any atom is 0.160 e. The summed E-state index contributed by atoms with van der Waals surface area (Å²) >= 11 is 0. The molecule has 2 rings (SSSR count). The molecule has 112 valence electrons. The quantitative estimate of drug-likeness (QED) is 0.832. The summed E-state index contributed by atoms with van der Waals surface area (Å²) in [6.45, 7) is 9.03. The van der Waals surface area contributed by atoms with E-state index in [-0.39, 0.29) is 5.60 Å². The molecule has 0 aromatic carbocycles. The van der Waals surface area contributed by atoms with Gasteiger partial charge in [-0.25, -0.2) is 9.97 Å². The van der Waals surface area contributed by atoms with Gasteiger partial charge in [-0.3, -0.25) is 0 Å². The van der Waals surface area contributed by atoms with Crippen LogP contribution < -0.4 is 5.32 Å². The molecule has 0 saturated heterocycles. The van der Waals surface area contributed by atoms with E-state index in [9.17, 15) is 0 Å². The minimum absolute atomic E-state index is 0.224.